The largest absolute Gasteiger partial charge is 0.416 e. The van der Waals surface area contributed by atoms with Crippen LogP contribution in [0.2, 0.25) is 0 Å². The number of nitrogens with zero attached hydrogens (tertiary/aromatic N) is 1. The average molecular weight is 556 g/mol. The molecule has 0 fully saturated rings. The van der Waals surface area contributed by atoms with E-state index in [4.69, 9.17) is 5.73 Å². The molecule has 0 aliphatic carbocycles. The molecule has 3 aromatic carbocycles. The number of amides is 3. The minimum absolute atomic E-state index is 0.0276. The van der Waals surface area contributed by atoms with E-state index in [-0.39, 0.29) is 30.5 Å². The highest BCUT2D eigenvalue weighted by molar-refractivity contribution is 6.22. The van der Waals surface area contributed by atoms with Gasteiger partial charge in [0.05, 0.1) is 30.3 Å². The number of hydrogen-bond donors (Lipinski definition) is 2. The summed E-state index contributed by atoms with van der Waals surface area (Å²) in [4.78, 5) is 41.7. The van der Waals surface area contributed by atoms with Crippen LogP contribution in [0.4, 0.5) is 28.9 Å². The minimum Gasteiger partial charge on any atom is -0.398 e. The first kappa shape index (κ1) is 28.8. The Balaban J connectivity index is 1.67. The second kappa shape index (κ2) is 11.9. The fourth-order valence-electron chi connectivity index (χ4n) is 4.96. The Kier molecular flexibility index (Phi) is 8.56. The van der Waals surface area contributed by atoms with Gasteiger partial charge in [-0.05, 0) is 61.1 Å². The Hall–Kier alpha value is -4.21. The first-order valence-electron chi connectivity index (χ1n) is 12.9. The van der Waals surface area contributed by atoms with Crippen molar-refractivity contribution in [3.05, 3.63) is 83.4 Å². The molecule has 3 N–H and O–H groups in total. The van der Waals surface area contributed by atoms with Gasteiger partial charge in [0.2, 0.25) is 11.8 Å². The van der Waals surface area contributed by atoms with Crippen molar-refractivity contribution in [2.75, 3.05) is 17.3 Å². The van der Waals surface area contributed by atoms with Crippen LogP contribution in [-0.4, -0.2) is 30.4 Å². The highest BCUT2D eigenvalue weighted by Crippen LogP contribution is 2.44. The van der Waals surface area contributed by atoms with Gasteiger partial charge >= 0.3 is 6.18 Å². The van der Waals surface area contributed by atoms with E-state index in [1.165, 1.54) is 12.1 Å². The van der Waals surface area contributed by atoms with E-state index in [2.05, 4.69) is 5.32 Å². The molecule has 0 radical (unpaired) electrons. The van der Waals surface area contributed by atoms with Gasteiger partial charge in [0.25, 0.3) is 5.91 Å². The van der Waals surface area contributed by atoms with E-state index in [0.29, 0.717) is 22.4 Å². The topological polar surface area (TPSA) is 92.5 Å². The molecule has 6 nitrogen and oxygen atoms in total. The maximum absolute atomic E-state index is 14.0. The number of benzene rings is 3. The maximum atomic E-state index is 14.0. The monoisotopic (exact) mass is 555 g/mol. The molecule has 1 heterocycles. The first-order valence-corrected chi connectivity index (χ1v) is 12.9. The Bertz CT molecular complexity index is 1420. The molecule has 1 unspecified atom stereocenters. The van der Waals surface area contributed by atoms with Gasteiger partial charge in [-0.1, -0.05) is 48.5 Å². The van der Waals surface area contributed by atoms with E-state index in [1.54, 1.807) is 43.3 Å². The molecule has 40 heavy (non-hydrogen) atoms. The molecular formula is C30H29F4N3O3. The third-order valence-corrected chi connectivity index (χ3v) is 6.95. The van der Waals surface area contributed by atoms with Crippen molar-refractivity contribution in [2.45, 2.75) is 50.7 Å². The van der Waals surface area contributed by atoms with Gasteiger partial charge < -0.3 is 11.1 Å². The summed E-state index contributed by atoms with van der Waals surface area (Å²) < 4.78 is 52.3. The summed E-state index contributed by atoms with van der Waals surface area (Å²) in [6, 6.07) is 15.2. The lowest BCUT2D eigenvalue weighted by molar-refractivity contribution is -0.137. The van der Waals surface area contributed by atoms with Crippen molar-refractivity contribution in [3.8, 4) is 11.1 Å². The third-order valence-electron chi connectivity index (χ3n) is 6.95. The SMILES string of the molecule is CC1C(=O)N(C(=O)[C@H](CCCCF)NC(=O)Cc2cccc(C(F)(F)F)c2)c2cccc(N)c2-c2ccccc21. The predicted molar refractivity (Wildman–Crippen MR) is 144 cm³/mol. The zero-order valence-electron chi connectivity index (χ0n) is 21.8. The second-order valence-electron chi connectivity index (χ2n) is 9.74. The molecule has 3 aromatic rings. The normalized spacial score (nSPS) is 15.6. The molecule has 2 atom stereocenters. The summed E-state index contributed by atoms with van der Waals surface area (Å²) in [5.74, 6) is -2.68. The number of fused-ring (bicyclic) bond motifs is 3. The number of anilines is 2. The van der Waals surface area contributed by atoms with Gasteiger partial charge in [0.15, 0.2) is 0 Å². The second-order valence-corrected chi connectivity index (χ2v) is 9.74. The minimum atomic E-state index is -4.58. The van der Waals surface area contributed by atoms with Gasteiger partial charge in [-0.15, -0.1) is 0 Å². The number of carbonyl (C=O) groups excluding carboxylic acids is 3. The highest BCUT2D eigenvalue weighted by Gasteiger charge is 2.39. The van der Waals surface area contributed by atoms with E-state index in [9.17, 15) is 31.9 Å². The highest BCUT2D eigenvalue weighted by atomic mass is 19.4. The zero-order valence-corrected chi connectivity index (χ0v) is 21.8. The zero-order chi connectivity index (χ0) is 29.0. The van der Waals surface area contributed by atoms with E-state index in [1.807, 2.05) is 6.07 Å². The Morgan fingerprint density at radius 3 is 2.48 bits per heavy atom. The third kappa shape index (κ3) is 6.00. The average Bonchev–Trinajstić information content (AvgIpc) is 3.01. The van der Waals surface area contributed by atoms with Gasteiger partial charge in [-0.25, -0.2) is 4.90 Å². The van der Waals surface area contributed by atoms with Crippen molar-refractivity contribution in [3.63, 3.8) is 0 Å². The summed E-state index contributed by atoms with van der Waals surface area (Å²) in [5, 5.41) is 2.58. The molecule has 1 aliphatic heterocycles. The number of unbranched alkanes of at least 4 members (excludes halogenated alkanes) is 1. The lowest BCUT2D eigenvalue weighted by Crippen LogP contribution is -2.52. The van der Waals surface area contributed by atoms with Crippen LogP contribution in [-0.2, 0) is 27.0 Å². The summed E-state index contributed by atoms with van der Waals surface area (Å²) >= 11 is 0. The van der Waals surface area contributed by atoms with Crippen molar-refractivity contribution in [1.82, 2.24) is 5.32 Å². The van der Waals surface area contributed by atoms with E-state index >= 15 is 0 Å². The van der Waals surface area contributed by atoms with E-state index < -0.39 is 54.5 Å². The Morgan fingerprint density at radius 2 is 1.75 bits per heavy atom. The number of nitrogens with two attached hydrogens (primary N) is 1. The summed E-state index contributed by atoms with van der Waals surface area (Å²) in [7, 11) is 0. The smallest absolute Gasteiger partial charge is 0.398 e. The maximum Gasteiger partial charge on any atom is 0.416 e. The van der Waals surface area contributed by atoms with Gasteiger partial charge in [-0.3, -0.25) is 18.8 Å². The fraction of sp³-hybridized carbons (Fsp3) is 0.300. The molecular weight excluding hydrogens is 526 g/mol. The lowest BCUT2D eigenvalue weighted by atomic mass is 9.92. The van der Waals surface area contributed by atoms with Crippen LogP contribution in [0.15, 0.2) is 66.7 Å². The molecule has 0 saturated carbocycles. The van der Waals surface area contributed by atoms with Crippen molar-refractivity contribution in [1.29, 1.82) is 0 Å². The summed E-state index contributed by atoms with van der Waals surface area (Å²) in [6.45, 7) is 1.04. The number of imide groups is 1. The first-order chi connectivity index (χ1) is 19.0. The van der Waals surface area contributed by atoms with Crippen LogP contribution in [0, 0.1) is 0 Å². The molecule has 4 rings (SSSR count). The molecule has 0 saturated heterocycles. The van der Waals surface area contributed by atoms with Crippen LogP contribution >= 0.6 is 0 Å². The molecule has 3 amide bonds. The molecule has 210 valence electrons. The number of nitrogen functional groups attached to an aromatic ring is 1. The van der Waals surface area contributed by atoms with Crippen LogP contribution in [0.25, 0.3) is 11.1 Å². The number of alkyl halides is 4. The van der Waals surface area contributed by atoms with Crippen LogP contribution < -0.4 is 16.0 Å². The number of halogens is 4. The predicted octanol–water partition coefficient (Wildman–Crippen LogP) is 5.80. The van der Waals surface area contributed by atoms with Crippen LogP contribution in [0.1, 0.15) is 48.8 Å². The standard InChI is InChI=1S/C30H29F4N3O3/c1-18-21-10-2-3-11-22(21)27-23(35)12-7-14-25(27)37(28(18)39)29(40)24(13-4-5-15-31)36-26(38)17-19-8-6-9-20(16-19)30(32,33)34/h2-3,6-12,14,16,18,24H,4-5,13,15,17,35H2,1H3,(H,36,38)/t18?,24-/m0/s1. The van der Waals surface area contributed by atoms with E-state index in [0.717, 1.165) is 17.0 Å². The Morgan fingerprint density at radius 1 is 1.02 bits per heavy atom. The number of hydrogen-bond acceptors (Lipinski definition) is 4. The molecule has 0 spiro atoms. The van der Waals surface area contributed by atoms with Crippen LogP contribution in [0.3, 0.4) is 0 Å². The number of rotatable bonds is 8. The van der Waals surface area contributed by atoms with Crippen molar-refractivity contribution < 1.29 is 31.9 Å². The summed E-state index contributed by atoms with van der Waals surface area (Å²) in [5.41, 5.74) is 8.03. The molecule has 0 aromatic heterocycles. The van der Waals surface area contributed by atoms with Crippen LogP contribution in [0.5, 0.6) is 0 Å². The van der Waals surface area contributed by atoms with Crippen molar-refractivity contribution >= 4 is 29.1 Å². The van der Waals surface area contributed by atoms with Gasteiger partial charge in [0.1, 0.15) is 6.04 Å². The van der Waals surface area contributed by atoms with Gasteiger partial charge in [-0.2, -0.15) is 13.2 Å². The van der Waals surface area contributed by atoms with Crippen molar-refractivity contribution in [2.24, 2.45) is 0 Å². The number of nitrogens with one attached hydrogen (secondary N) is 1. The molecule has 1 aliphatic rings. The fourth-order valence-corrected chi connectivity index (χ4v) is 4.96. The molecule has 10 heteroatoms. The molecule has 0 bridgehead atoms. The Labute approximate surface area is 229 Å². The quantitative estimate of drug-likeness (QED) is 0.209. The summed E-state index contributed by atoms with van der Waals surface area (Å²) in [6.07, 6.45) is -4.60. The van der Waals surface area contributed by atoms with Gasteiger partial charge in [0, 0.05) is 11.3 Å². The number of carbonyl (C=O) groups is 3. The lowest BCUT2D eigenvalue weighted by Gasteiger charge is -2.28.